The monoisotopic (exact) mass is 295 g/mol. The van der Waals surface area contributed by atoms with Gasteiger partial charge in [0, 0.05) is 36.2 Å². The highest BCUT2D eigenvalue weighted by Crippen LogP contribution is 2.11. The predicted molar refractivity (Wildman–Crippen MR) is 85.5 cm³/mol. The van der Waals surface area contributed by atoms with Gasteiger partial charge >= 0.3 is 0 Å². The maximum Gasteiger partial charge on any atom is 0.220 e. The van der Waals surface area contributed by atoms with E-state index in [4.69, 9.17) is 5.73 Å². The molecule has 1 aromatic rings. The van der Waals surface area contributed by atoms with Gasteiger partial charge in [-0.05, 0) is 25.0 Å². The molecule has 0 fully saturated rings. The number of carbonyl (C=O) groups excluding carboxylic acids is 1. The van der Waals surface area contributed by atoms with E-state index >= 15 is 0 Å². The molecule has 0 atom stereocenters. The summed E-state index contributed by atoms with van der Waals surface area (Å²) >= 11 is 1.72. The smallest absolute Gasteiger partial charge is 0.220 e. The van der Waals surface area contributed by atoms with E-state index in [2.05, 4.69) is 24.1 Å². The zero-order valence-corrected chi connectivity index (χ0v) is 13.2. The Morgan fingerprint density at radius 1 is 1.40 bits per heavy atom. The summed E-state index contributed by atoms with van der Waals surface area (Å²) in [5.74, 6) is 1.73. The van der Waals surface area contributed by atoms with Crippen molar-refractivity contribution in [2.45, 2.75) is 44.4 Å². The molecule has 0 aliphatic carbocycles. The fourth-order valence-corrected chi connectivity index (χ4v) is 2.54. The van der Waals surface area contributed by atoms with Crippen molar-refractivity contribution in [3.8, 4) is 0 Å². The van der Waals surface area contributed by atoms with Crippen LogP contribution >= 0.6 is 11.8 Å². The van der Waals surface area contributed by atoms with Gasteiger partial charge in [0.15, 0.2) is 0 Å². The SMILES string of the molecule is CCC(N)(CC)CNC(=O)CCSCc1ccccn1. The van der Waals surface area contributed by atoms with Crippen LogP contribution in [-0.2, 0) is 10.5 Å². The molecule has 3 N–H and O–H groups in total. The fourth-order valence-electron chi connectivity index (χ4n) is 1.69. The number of nitrogens with zero attached hydrogens (tertiary/aromatic N) is 1. The minimum atomic E-state index is -0.267. The molecule has 0 unspecified atom stereocenters. The first-order valence-electron chi connectivity index (χ1n) is 7.13. The molecule has 0 aromatic carbocycles. The van der Waals surface area contributed by atoms with E-state index in [1.807, 2.05) is 18.2 Å². The Hall–Kier alpha value is -1.07. The second-order valence-electron chi connectivity index (χ2n) is 4.97. The maximum absolute atomic E-state index is 11.7. The number of nitrogens with one attached hydrogen (secondary N) is 1. The molecule has 0 aliphatic rings. The largest absolute Gasteiger partial charge is 0.354 e. The maximum atomic E-state index is 11.7. The van der Waals surface area contributed by atoms with Gasteiger partial charge in [-0.3, -0.25) is 9.78 Å². The third kappa shape index (κ3) is 6.39. The van der Waals surface area contributed by atoms with E-state index in [-0.39, 0.29) is 11.4 Å². The van der Waals surface area contributed by atoms with Crippen molar-refractivity contribution in [2.24, 2.45) is 5.73 Å². The van der Waals surface area contributed by atoms with Gasteiger partial charge in [0.25, 0.3) is 0 Å². The summed E-state index contributed by atoms with van der Waals surface area (Å²) in [5, 5.41) is 2.93. The van der Waals surface area contributed by atoms with Gasteiger partial charge in [-0.2, -0.15) is 11.8 Å². The molecule has 1 heterocycles. The van der Waals surface area contributed by atoms with Crippen LogP contribution in [0.25, 0.3) is 0 Å². The number of hydrogen-bond donors (Lipinski definition) is 2. The van der Waals surface area contributed by atoms with E-state index in [1.165, 1.54) is 0 Å². The van der Waals surface area contributed by atoms with E-state index in [0.29, 0.717) is 13.0 Å². The molecule has 20 heavy (non-hydrogen) atoms. The van der Waals surface area contributed by atoms with E-state index in [0.717, 1.165) is 30.0 Å². The van der Waals surface area contributed by atoms with Crippen molar-refractivity contribution >= 4 is 17.7 Å². The number of pyridine rings is 1. The van der Waals surface area contributed by atoms with Crippen LogP contribution in [0.1, 0.15) is 38.8 Å². The Morgan fingerprint density at radius 2 is 2.15 bits per heavy atom. The Morgan fingerprint density at radius 3 is 2.75 bits per heavy atom. The molecule has 0 saturated carbocycles. The summed E-state index contributed by atoms with van der Waals surface area (Å²) in [6, 6.07) is 5.88. The molecular formula is C15H25N3OS. The Bertz CT molecular complexity index is 393. The first-order chi connectivity index (χ1) is 9.59. The van der Waals surface area contributed by atoms with Gasteiger partial charge in [-0.1, -0.05) is 19.9 Å². The summed E-state index contributed by atoms with van der Waals surface area (Å²) in [6.07, 6.45) is 4.07. The van der Waals surface area contributed by atoms with Gasteiger partial charge in [0.2, 0.25) is 5.91 Å². The van der Waals surface area contributed by atoms with Crippen LogP contribution in [0.3, 0.4) is 0 Å². The van der Waals surface area contributed by atoms with Crippen LogP contribution in [0, 0.1) is 0 Å². The molecule has 1 rings (SSSR count). The Balaban J connectivity index is 2.14. The average Bonchev–Trinajstić information content (AvgIpc) is 2.50. The lowest BCUT2D eigenvalue weighted by Crippen LogP contribution is -2.49. The van der Waals surface area contributed by atoms with Crippen LogP contribution < -0.4 is 11.1 Å². The van der Waals surface area contributed by atoms with Crippen molar-refractivity contribution in [1.29, 1.82) is 0 Å². The van der Waals surface area contributed by atoms with Crippen LogP contribution in [0.5, 0.6) is 0 Å². The van der Waals surface area contributed by atoms with E-state index in [1.54, 1.807) is 18.0 Å². The minimum Gasteiger partial charge on any atom is -0.354 e. The highest BCUT2D eigenvalue weighted by atomic mass is 32.2. The molecule has 4 nitrogen and oxygen atoms in total. The van der Waals surface area contributed by atoms with Gasteiger partial charge in [0.1, 0.15) is 0 Å². The van der Waals surface area contributed by atoms with Crippen LogP contribution in [0.4, 0.5) is 0 Å². The van der Waals surface area contributed by atoms with Crippen LogP contribution in [0.2, 0.25) is 0 Å². The van der Waals surface area contributed by atoms with Crippen LogP contribution in [-0.4, -0.2) is 28.7 Å². The lowest BCUT2D eigenvalue weighted by Gasteiger charge is -2.26. The van der Waals surface area contributed by atoms with E-state index < -0.39 is 0 Å². The normalized spacial score (nSPS) is 11.3. The van der Waals surface area contributed by atoms with E-state index in [9.17, 15) is 4.79 Å². The molecule has 5 heteroatoms. The van der Waals surface area contributed by atoms with Crippen molar-refractivity contribution < 1.29 is 4.79 Å². The van der Waals surface area contributed by atoms with Crippen molar-refractivity contribution in [3.63, 3.8) is 0 Å². The summed E-state index contributed by atoms with van der Waals surface area (Å²) in [5.41, 5.74) is 6.93. The number of aromatic nitrogens is 1. The second kappa shape index (κ2) is 8.97. The number of hydrogen-bond acceptors (Lipinski definition) is 4. The topological polar surface area (TPSA) is 68.0 Å². The molecule has 1 amide bonds. The quantitative estimate of drug-likeness (QED) is 0.686. The first kappa shape index (κ1) is 17.0. The molecule has 0 radical (unpaired) electrons. The standard InChI is InChI=1S/C15H25N3OS/c1-3-15(16,4-2)12-18-14(19)8-10-20-11-13-7-5-6-9-17-13/h5-7,9H,3-4,8,10-12,16H2,1-2H3,(H,18,19). The third-order valence-corrected chi connectivity index (χ3v) is 4.49. The molecule has 0 saturated heterocycles. The lowest BCUT2D eigenvalue weighted by molar-refractivity contribution is -0.120. The summed E-state index contributed by atoms with van der Waals surface area (Å²) in [4.78, 5) is 16.0. The van der Waals surface area contributed by atoms with Gasteiger partial charge in [-0.25, -0.2) is 0 Å². The molecule has 112 valence electrons. The third-order valence-electron chi connectivity index (χ3n) is 3.50. The zero-order valence-electron chi connectivity index (χ0n) is 12.4. The molecule has 0 bridgehead atoms. The summed E-state index contributed by atoms with van der Waals surface area (Å²) in [7, 11) is 0. The van der Waals surface area contributed by atoms with Crippen molar-refractivity contribution in [1.82, 2.24) is 10.3 Å². The number of rotatable bonds is 9. The number of amides is 1. The Labute approximate surface area is 125 Å². The number of thioether (sulfide) groups is 1. The molecule has 0 spiro atoms. The zero-order chi connectivity index (χ0) is 14.8. The summed E-state index contributed by atoms with van der Waals surface area (Å²) in [6.45, 7) is 4.67. The molecular weight excluding hydrogens is 270 g/mol. The lowest BCUT2D eigenvalue weighted by atomic mass is 9.94. The second-order valence-corrected chi connectivity index (χ2v) is 6.08. The number of carbonyl (C=O) groups is 1. The van der Waals surface area contributed by atoms with Crippen molar-refractivity contribution in [3.05, 3.63) is 30.1 Å². The van der Waals surface area contributed by atoms with Gasteiger partial charge in [0.05, 0.1) is 5.69 Å². The van der Waals surface area contributed by atoms with Gasteiger partial charge < -0.3 is 11.1 Å². The molecule has 0 aliphatic heterocycles. The van der Waals surface area contributed by atoms with Crippen molar-refractivity contribution in [2.75, 3.05) is 12.3 Å². The highest BCUT2D eigenvalue weighted by Gasteiger charge is 2.20. The van der Waals surface area contributed by atoms with Gasteiger partial charge in [-0.15, -0.1) is 0 Å². The fraction of sp³-hybridized carbons (Fsp3) is 0.600. The van der Waals surface area contributed by atoms with Crippen LogP contribution in [0.15, 0.2) is 24.4 Å². The molecule has 1 aromatic heterocycles. The predicted octanol–water partition coefficient (Wildman–Crippen LogP) is 2.34. The minimum absolute atomic E-state index is 0.0789. The average molecular weight is 295 g/mol. The summed E-state index contributed by atoms with van der Waals surface area (Å²) < 4.78 is 0. The first-order valence-corrected chi connectivity index (χ1v) is 8.28. The highest BCUT2D eigenvalue weighted by molar-refractivity contribution is 7.98. The number of nitrogens with two attached hydrogens (primary N) is 1. The Kier molecular flexibility index (Phi) is 7.62.